The molecule has 136 valence electrons. The summed E-state index contributed by atoms with van der Waals surface area (Å²) in [5.41, 5.74) is 0.947. The van der Waals surface area contributed by atoms with Crippen molar-refractivity contribution in [3.63, 3.8) is 0 Å². The largest absolute Gasteiger partial charge is 0.376 e. The number of hydrogen-bond acceptors (Lipinski definition) is 4. The molecule has 0 saturated carbocycles. The molecule has 3 rings (SSSR count). The first-order valence-corrected chi connectivity index (χ1v) is 9.15. The smallest absolute Gasteiger partial charge is 0.169 e. The minimum Gasteiger partial charge on any atom is -0.376 e. The Morgan fingerprint density at radius 3 is 2.72 bits per heavy atom. The zero-order chi connectivity index (χ0) is 17.8. The van der Waals surface area contributed by atoms with Crippen LogP contribution in [0.4, 0.5) is 10.1 Å². The lowest BCUT2D eigenvalue weighted by Gasteiger charge is -2.37. The quantitative estimate of drug-likeness (QED) is 0.652. The van der Waals surface area contributed by atoms with Crippen LogP contribution in [-0.2, 0) is 4.74 Å². The van der Waals surface area contributed by atoms with Crippen molar-refractivity contribution in [1.29, 1.82) is 0 Å². The molecule has 0 spiro atoms. The average molecular weight is 365 g/mol. The number of anilines is 1. The Labute approximate surface area is 153 Å². The number of carbonyl (C=O) groups excluding carboxylic acids is 1. The van der Waals surface area contributed by atoms with E-state index in [0.29, 0.717) is 24.3 Å². The fraction of sp³-hybridized carbons (Fsp3) is 0.556. The Hall–Kier alpha value is -1.73. The van der Waals surface area contributed by atoms with Crippen molar-refractivity contribution in [3.05, 3.63) is 29.6 Å². The standard InChI is InChI=1S/C18H24FN3O2S/c1-13(23)14-4-5-17(16(19)11-14)21-6-8-22(9-7-21)18(25)20-12-15-3-2-10-24-15/h4-5,11,15H,2-3,6-10,12H2,1H3,(H,20,25)/t15-/m0/s1. The van der Waals surface area contributed by atoms with Gasteiger partial charge in [0.1, 0.15) is 5.82 Å². The normalized spacial score (nSPS) is 20.6. The van der Waals surface area contributed by atoms with Crippen molar-refractivity contribution in [2.45, 2.75) is 25.9 Å². The molecule has 1 atom stereocenters. The lowest BCUT2D eigenvalue weighted by molar-refractivity contribution is 0.101. The number of nitrogens with zero attached hydrogens (tertiary/aromatic N) is 2. The molecule has 2 fully saturated rings. The summed E-state index contributed by atoms with van der Waals surface area (Å²) in [6.07, 6.45) is 2.46. The molecule has 2 heterocycles. The van der Waals surface area contributed by atoms with Crippen molar-refractivity contribution in [1.82, 2.24) is 10.2 Å². The Morgan fingerprint density at radius 1 is 1.36 bits per heavy atom. The van der Waals surface area contributed by atoms with E-state index in [4.69, 9.17) is 17.0 Å². The van der Waals surface area contributed by atoms with Gasteiger partial charge in [-0.3, -0.25) is 4.79 Å². The molecule has 7 heteroatoms. The van der Waals surface area contributed by atoms with Gasteiger partial charge in [-0.05, 0) is 50.2 Å². The summed E-state index contributed by atoms with van der Waals surface area (Å²) in [7, 11) is 0. The van der Waals surface area contributed by atoms with E-state index in [2.05, 4.69) is 10.2 Å². The zero-order valence-electron chi connectivity index (χ0n) is 14.5. The van der Waals surface area contributed by atoms with Crippen molar-refractivity contribution in [3.8, 4) is 0 Å². The van der Waals surface area contributed by atoms with E-state index in [9.17, 15) is 9.18 Å². The topological polar surface area (TPSA) is 44.8 Å². The molecule has 1 N–H and O–H groups in total. The highest BCUT2D eigenvalue weighted by Gasteiger charge is 2.22. The van der Waals surface area contributed by atoms with E-state index in [1.54, 1.807) is 12.1 Å². The monoisotopic (exact) mass is 365 g/mol. The van der Waals surface area contributed by atoms with Gasteiger partial charge < -0.3 is 19.9 Å². The Bertz CT molecular complexity index is 641. The summed E-state index contributed by atoms with van der Waals surface area (Å²) in [6, 6.07) is 4.69. The number of hydrogen-bond donors (Lipinski definition) is 1. The van der Waals surface area contributed by atoms with Gasteiger partial charge in [-0.25, -0.2) is 4.39 Å². The molecule has 2 aliphatic rings. The number of thiocarbonyl (C=S) groups is 1. The predicted octanol–water partition coefficient (Wildman–Crippen LogP) is 2.20. The van der Waals surface area contributed by atoms with Crippen LogP contribution in [0.2, 0.25) is 0 Å². The second kappa shape index (κ2) is 8.10. The first-order chi connectivity index (χ1) is 12.0. The molecule has 0 bridgehead atoms. The van der Waals surface area contributed by atoms with Crippen LogP contribution in [0.3, 0.4) is 0 Å². The van der Waals surface area contributed by atoms with Crippen molar-refractivity contribution in [2.24, 2.45) is 0 Å². The molecule has 0 radical (unpaired) electrons. The number of Topliss-reactive ketones (excluding diaryl/α,β-unsaturated/α-hetero) is 1. The summed E-state index contributed by atoms with van der Waals surface area (Å²) in [4.78, 5) is 15.5. The van der Waals surface area contributed by atoms with Gasteiger partial charge in [0.25, 0.3) is 0 Å². The van der Waals surface area contributed by atoms with E-state index in [-0.39, 0.29) is 17.7 Å². The van der Waals surface area contributed by atoms with Crippen LogP contribution in [0, 0.1) is 5.82 Å². The van der Waals surface area contributed by atoms with Gasteiger partial charge in [-0.1, -0.05) is 0 Å². The van der Waals surface area contributed by atoms with E-state index in [0.717, 1.165) is 44.2 Å². The summed E-state index contributed by atoms with van der Waals surface area (Å²) < 4.78 is 19.9. The van der Waals surface area contributed by atoms with Crippen LogP contribution in [0.5, 0.6) is 0 Å². The van der Waals surface area contributed by atoms with E-state index in [1.807, 2.05) is 4.90 Å². The number of piperazine rings is 1. The second-order valence-electron chi connectivity index (χ2n) is 6.52. The number of ether oxygens (including phenoxy) is 1. The molecule has 5 nitrogen and oxygen atoms in total. The molecule has 1 aromatic rings. The number of ketones is 1. The van der Waals surface area contributed by atoms with Crippen LogP contribution in [0.15, 0.2) is 18.2 Å². The number of carbonyl (C=O) groups is 1. The number of benzene rings is 1. The van der Waals surface area contributed by atoms with Gasteiger partial charge in [0.2, 0.25) is 0 Å². The third-order valence-electron chi connectivity index (χ3n) is 4.77. The van der Waals surface area contributed by atoms with Crippen LogP contribution in [0.1, 0.15) is 30.1 Å². The fourth-order valence-corrected chi connectivity index (χ4v) is 3.52. The molecular formula is C18H24FN3O2S. The van der Waals surface area contributed by atoms with Crippen molar-refractivity contribution in [2.75, 3.05) is 44.2 Å². The van der Waals surface area contributed by atoms with Crippen LogP contribution in [0.25, 0.3) is 0 Å². The fourth-order valence-electron chi connectivity index (χ4n) is 3.25. The number of halogens is 1. The van der Waals surface area contributed by atoms with Crippen molar-refractivity contribution >= 4 is 28.8 Å². The minimum atomic E-state index is -0.347. The Balaban J connectivity index is 1.51. The maximum Gasteiger partial charge on any atom is 0.169 e. The zero-order valence-corrected chi connectivity index (χ0v) is 15.3. The predicted molar refractivity (Wildman–Crippen MR) is 99.8 cm³/mol. The highest BCUT2D eigenvalue weighted by atomic mass is 32.1. The Kier molecular flexibility index (Phi) is 5.86. The van der Waals surface area contributed by atoms with Crippen LogP contribution < -0.4 is 10.2 Å². The molecule has 0 amide bonds. The molecule has 25 heavy (non-hydrogen) atoms. The van der Waals surface area contributed by atoms with Gasteiger partial charge in [-0.15, -0.1) is 0 Å². The SMILES string of the molecule is CC(=O)c1ccc(N2CCN(C(=S)NC[C@@H]3CCCO3)CC2)c(F)c1. The first kappa shape index (κ1) is 18.1. The molecular weight excluding hydrogens is 341 g/mol. The van der Waals surface area contributed by atoms with E-state index < -0.39 is 0 Å². The minimum absolute atomic E-state index is 0.127. The molecule has 2 saturated heterocycles. The highest BCUT2D eigenvalue weighted by molar-refractivity contribution is 7.80. The van der Waals surface area contributed by atoms with Gasteiger partial charge in [-0.2, -0.15) is 0 Å². The number of nitrogens with one attached hydrogen (secondary N) is 1. The lowest BCUT2D eigenvalue weighted by Crippen LogP contribution is -2.52. The molecule has 0 aromatic heterocycles. The second-order valence-corrected chi connectivity index (χ2v) is 6.90. The van der Waals surface area contributed by atoms with Crippen molar-refractivity contribution < 1.29 is 13.9 Å². The highest BCUT2D eigenvalue weighted by Crippen LogP contribution is 2.22. The molecule has 0 unspecified atom stereocenters. The lowest BCUT2D eigenvalue weighted by atomic mass is 10.1. The first-order valence-electron chi connectivity index (χ1n) is 8.74. The third kappa shape index (κ3) is 4.46. The van der Waals surface area contributed by atoms with Gasteiger partial charge >= 0.3 is 0 Å². The summed E-state index contributed by atoms with van der Waals surface area (Å²) in [5, 5.41) is 4.02. The van der Waals surface area contributed by atoms with Gasteiger partial charge in [0.15, 0.2) is 10.9 Å². The summed E-state index contributed by atoms with van der Waals surface area (Å²) in [6.45, 7) is 5.90. The van der Waals surface area contributed by atoms with Crippen LogP contribution >= 0.6 is 12.2 Å². The van der Waals surface area contributed by atoms with Gasteiger partial charge in [0, 0.05) is 44.9 Å². The number of rotatable bonds is 4. The van der Waals surface area contributed by atoms with Crippen LogP contribution in [-0.4, -0.2) is 61.2 Å². The van der Waals surface area contributed by atoms with E-state index in [1.165, 1.54) is 13.0 Å². The Morgan fingerprint density at radius 2 is 2.12 bits per heavy atom. The average Bonchev–Trinajstić information content (AvgIpc) is 3.13. The molecule has 2 aliphatic heterocycles. The molecule has 0 aliphatic carbocycles. The summed E-state index contributed by atoms with van der Waals surface area (Å²) in [5.74, 6) is -0.474. The van der Waals surface area contributed by atoms with Gasteiger partial charge in [0.05, 0.1) is 11.8 Å². The third-order valence-corrected chi connectivity index (χ3v) is 5.17. The van der Waals surface area contributed by atoms with E-state index >= 15 is 0 Å². The maximum absolute atomic E-state index is 14.3. The summed E-state index contributed by atoms with van der Waals surface area (Å²) >= 11 is 5.46. The maximum atomic E-state index is 14.3. The molecule has 1 aromatic carbocycles.